The number of nitrogens with one attached hydrogen (secondary N) is 1. The molecule has 1 aliphatic carbocycles. The van der Waals surface area contributed by atoms with E-state index in [0.717, 1.165) is 41.7 Å². The van der Waals surface area contributed by atoms with E-state index >= 15 is 0 Å². The predicted octanol–water partition coefficient (Wildman–Crippen LogP) is 2.57. The molecule has 30 heavy (non-hydrogen) atoms. The molecule has 4 rings (SSSR count). The number of hydrogen-bond acceptors (Lipinski definition) is 7. The van der Waals surface area contributed by atoms with Crippen molar-refractivity contribution in [1.29, 1.82) is 0 Å². The molecule has 1 aromatic carbocycles. The number of aryl methyl sites for hydroxylation is 2. The number of benzene rings is 1. The first-order valence-corrected chi connectivity index (χ1v) is 10.6. The Morgan fingerprint density at radius 1 is 1.13 bits per heavy atom. The highest BCUT2D eigenvalue weighted by atomic mass is 32.1. The molecular formula is C21H22N2O6S. The number of fused-ring (bicyclic) bond motifs is 2. The zero-order valence-electron chi connectivity index (χ0n) is 16.3. The Morgan fingerprint density at radius 3 is 2.77 bits per heavy atom. The summed E-state index contributed by atoms with van der Waals surface area (Å²) in [5, 5.41) is 3.12. The third kappa shape index (κ3) is 4.40. The summed E-state index contributed by atoms with van der Waals surface area (Å²) >= 11 is 1.37. The first-order valence-electron chi connectivity index (χ1n) is 9.79. The van der Waals surface area contributed by atoms with Crippen LogP contribution in [0.15, 0.2) is 18.2 Å². The molecule has 9 heteroatoms. The first kappa shape index (κ1) is 20.2. The molecule has 2 aliphatic rings. The van der Waals surface area contributed by atoms with E-state index < -0.39 is 24.4 Å². The molecule has 0 unspecified atom stereocenters. The van der Waals surface area contributed by atoms with Crippen molar-refractivity contribution in [2.75, 3.05) is 18.7 Å². The van der Waals surface area contributed by atoms with Gasteiger partial charge in [0.25, 0.3) is 11.8 Å². The van der Waals surface area contributed by atoms with Gasteiger partial charge in [-0.1, -0.05) is 6.07 Å². The van der Waals surface area contributed by atoms with Crippen molar-refractivity contribution in [3.05, 3.63) is 39.8 Å². The number of primary amides is 1. The van der Waals surface area contributed by atoms with Gasteiger partial charge in [-0.25, -0.2) is 0 Å². The molecule has 0 atom stereocenters. The first-order chi connectivity index (χ1) is 14.5. The molecule has 0 radical (unpaired) electrons. The van der Waals surface area contributed by atoms with Gasteiger partial charge in [0.05, 0.1) is 5.56 Å². The molecule has 2 aromatic rings. The highest BCUT2D eigenvalue weighted by Crippen LogP contribution is 2.38. The topological polar surface area (TPSA) is 117 Å². The van der Waals surface area contributed by atoms with Crippen molar-refractivity contribution in [1.82, 2.24) is 0 Å². The van der Waals surface area contributed by atoms with Crippen LogP contribution in [0, 0.1) is 0 Å². The van der Waals surface area contributed by atoms with Crippen LogP contribution >= 0.6 is 11.3 Å². The Bertz CT molecular complexity index is 1000. The average Bonchev–Trinajstić information content (AvgIpc) is 3.34. The molecule has 2 heterocycles. The minimum atomic E-state index is -0.551. The summed E-state index contributed by atoms with van der Waals surface area (Å²) in [7, 11) is 0. The van der Waals surface area contributed by atoms with Crippen molar-refractivity contribution in [2.24, 2.45) is 5.73 Å². The lowest BCUT2D eigenvalue weighted by atomic mass is 9.95. The van der Waals surface area contributed by atoms with Crippen molar-refractivity contribution in [3.63, 3.8) is 0 Å². The Morgan fingerprint density at radius 2 is 1.93 bits per heavy atom. The van der Waals surface area contributed by atoms with Gasteiger partial charge in [-0.2, -0.15) is 0 Å². The zero-order chi connectivity index (χ0) is 21.1. The number of carbonyl (C=O) groups excluding carboxylic acids is 3. The van der Waals surface area contributed by atoms with Crippen LogP contribution in [0.4, 0.5) is 5.00 Å². The van der Waals surface area contributed by atoms with Crippen molar-refractivity contribution >= 4 is 34.1 Å². The van der Waals surface area contributed by atoms with Crippen LogP contribution in [0.5, 0.6) is 11.5 Å². The number of rotatable bonds is 7. The van der Waals surface area contributed by atoms with Crippen molar-refractivity contribution < 1.29 is 28.6 Å². The largest absolute Gasteiger partial charge is 0.456 e. The number of anilines is 1. The molecule has 2 amide bonds. The molecule has 1 aliphatic heterocycles. The monoisotopic (exact) mass is 430 g/mol. The van der Waals surface area contributed by atoms with Crippen LogP contribution in [-0.4, -0.2) is 31.2 Å². The Hall–Kier alpha value is -3.07. The predicted molar refractivity (Wildman–Crippen MR) is 110 cm³/mol. The highest BCUT2D eigenvalue weighted by Gasteiger charge is 2.25. The van der Waals surface area contributed by atoms with E-state index in [-0.39, 0.29) is 13.2 Å². The van der Waals surface area contributed by atoms with Crippen LogP contribution in [0.3, 0.4) is 0 Å². The molecular weight excluding hydrogens is 408 g/mol. The van der Waals surface area contributed by atoms with Crippen LogP contribution in [0.25, 0.3) is 0 Å². The van der Waals surface area contributed by atoms with Gasteiger partial charge in [-0.15, -0.1) is 11.3 Å². The van der Waals surface area contributed by atoms with Gasteiger partial charge in [-0.3, -0.25) is 14.4 Å². The fraction of sp³-hybridized carbons (Fsp3) is 0.381. The number of ether oxygens (including phenoxy) is 3. The lowest BCUT2D eigenvalue weighted by Crippen LogP contribution is -2.23. The Labute approximate surface area is 177 Å². The maximum Gasteiger partial charge on any atom is 0.306 e. The number of carbonyl (C=O) groups is 3. The van der Waals surface area contributed by atoms with Gasteiger partial charge in [0, 0.05) is 11.3 Å². The summed E-state index contributed by atoms with van der Waals surface area (Å²) in [5.41, 5.74) is 7.76. The average molecular weight is 430 g/mol. The second kappa shape index (κ2) is 8.74. The number of amides is 2. The summed E-state index contributed by atoms with van der Waals surface area (Å²) < 4.78 is 15.6. The van der Waals surface area contributed by atoms with E-state index in [9.17, 15) is 14.4 Å². The summed E-state index contributed by atoms with van der Waals surface area (Å²) in [6.07, 6.45) is 4.31. The van der Waals surface area contributed by atoms with Crippen molar-refractivity contribution in [2.45, 2.75) is 38.5 Å². The number of nitrogens with two attached hydrogens (primary N) is 1. The second-order valence-corrected chi connectivity index (χ2v) is 8.28. The van der Waals surface area contributed by atoms with E-state index in [1.807, 2.05) is 12.1 Å². The van der Waals surface area contributed by atoms with Crippen LogP contribution in [0.1, 0.15) is 45.6 Å². The number of esters is 1. The van der Waals surface area contributed by atoms with E-state index in [4.69, 9.17) is 19.9 Å². The van der Waals surface area contributed by atoms with E-state index in [1.165, 1.54) is 11.3 Å². The van der Waals surface area contributed by atoms with Crippen LogP contribution < -0.4 is 20.5 Å². The minimum Gasteiger partial charge on any atom is -0.456 e. The summed E-state index contributed by atoms with van der Waals surface area (Å²) in [6, 6.07) is 5.48. The normalized spacial score (nSPS) is 14.1. The quantitative estimate of drug-likeness (QED) is 0.652. The zero-order valence-corrected chi connectivity index (χ0v) is 17.1. The molecule has 8 nitrogen and oxygen atoms in total. The molecule has 3 N–H and O–H groups in total. The van der Waals surface area contributed by atoms with Crippen LogP contribution in [0.2, 0.25) is 0 Å². The molecule has 1 aromatic heterocycles. The maximum absolute atomic E-state index is 12.2. The summed E-state index contributed by atoms with van der Waals surface area (Å²) in [4.78, 5) is 37.2. The summed E-state index contributed by atoms with van der Waals surface area (Å²) in [6.45, 7) is -0.221. The summed E-state index contributed by atoms with van der Waals surface area (Å²) in [5.74, 6) is -0.186. The third-order valence-corrected chi connectivity index (χ3v) is 6.30. The number of thiophene rings is 1. The van der Waals surface area contributed by atoms with Gasteiger partial charge < -0.3 is 25.3 Å². The highest BCUT2D eigenvalue weighted by molar-refractivity contribution is 7.17. The SMILES string of the molecule is NC(=O)c1c(NC(=O)COC(=O)CCc2ccc3c(c2)OCO3)sc2c1CCCC2. The van der Waals surface area contributed by atoms with Crippen LogP contribution in [-0.2, 0) is 33.6 Å². The second-order valence-electron chi connectivity index (χ2n) is 7.18. The standard InChI is InChI=1S/C21H22N2O6S/c22-20(26)19-13-3-1-2-4-16(13)30-21(19)23-17(24)10-27-18(25)8-6-12-5-7-14-15(9-12)29-11-28-14/h5,7,9H,1-4,6,8,10-11H2,(H2,22,26)(H,23,24). The Balaban J connectivity index is 1.28. The minimum absolute atomic E-state index is 0.132. The van der Waals surface area contributed by atoms with E-state index in [0.29, 0.717) is 28.5 Å². The Kier molecular flexibility index (Phi) is 5.89. The molecule has 0 saturated heterocycles. The lowest BCUT2D eigenvalue weighted by Gasteiger charge is -2.11. The smallest absolute Gasteiger partial charge is 0.306 e. The third-order valence-electron chi connectivity index (χ3n) is 5.09. The molecule has 0 saturated carbocycles. The molecule has 0 spiro atoms. The molecule has 0 fully saturated rings. The fourth-order valence-corrected chi connectivity index (χ4v) is 4.95. The van der Waals surface area contributed by atoms with Gasteiger partial charge in [0.1, 0.15) is 5.00 Å². The van der Waals surface area contributed by atoms with Gasteiger partial charge in [-0.05, 0) is 55.4 Å². The lowest BCUT2D eigenvalue weighted by molar-refractivity contribution is -0.147. The molecule has 0 bridgehead atoms. The van der Waals surface area contributed by atoms with Gasteiger partial charge in [0.15, 0.2) is 18.1 Å². The number of hydrogen-bond donors (Lipinski definition) is 2. The van der Waals surface area contributed by atoms with E-state index in [1.54, 1.807) is 6.07 Å². The fourth-order valence-electron chi connectivity index (χ4n) is 3.64. The van der Waals surface area contributed by atoms with Crippen molar-refractivity contribution in [3.8, 4) is 11.5 Å². The molecule has 158 valence electrons. The van der Waals surface area contributed by atoms with Gasteiger partial charge in [0.2, 0.25) is 6.79 Å². The van der Waals surface area contributed by atoms with Gasteiger partial charge >= 0.3 is 5.97 Å². The maximum atomic E-state index is 12.2. The van der Waals surface area contributed by atoms with E-state index in [2.05, 4.69) is 5.32 Å².